The van der Waals surface area contributed by atoms with E-state index < -0.39 is 5.97 Å². The average Bonchev–Trinajstić information content (AvgIpc) is 2.46. The van der Waals surface area contributed by atoms with Gasteiger partial charge in [-0.05, 0) is 42.0 Å². The quantitative estimate of drug-likeness (QED) is 0.903. The number of carbonyl (C=O) groups excluding carboxylic acids is 1. The highest BCUT2D eigenvalue weighted by Crippen LogP contribution is 2.20. The lowest BCUT2D eigenvalue weighted by atomic mass is 10.1. The number of carbonyl (C=O) groups is 2. The van der Waals surface area contributed by atoms with Crippen LogP contribution in [0, 0.1) is 0 Å². The first-order valence-corrected chi connectivity index (χ1v) is 6.78. The second-order valence-corrected chi connectivity index (χ2v) is 5.14. The van der Waals surface area contributed by atoms with Crippen LogP contribution in [0.2, 0.25) is 10.0 Å². The molecule has 0 heterocycles. The van der Waals surface area contributed by atoms with Crippen LogP contribution in [0.5, 0.6) is 0 Å². The number of nitrogens with one attached hydrogen (secondary N) is 1. The van der Waals surface area contributed by atoms with Crippen LogP contribution in [0.1, 0.15) is 26.3 Å². The highest BCUT2D eigenvalue weighted by atomic mass is 35.5. The van der Waals surface area contributed by atoms with Crippen molar-refractivity contribution in [2.24, 2.45) is 0 Å². The summed E-state index contributed by atoms with van der Waals surface area (Å²) in [5, 5.41) is 12.5. The lowest BCUT2D eigenvalue weighted by Gasteiger charge is -2.07. The summed E-state index contributed by atoms with van der Waals surface area (Å²) >= 11 is 11.8. The molecule has 6 heteroatoms. The van der Waals surface area contributed by atoms with Gasteiger partial charge in [-0.2, -0.15) is 0 Å². The minimum Gasteiger partial charge on any atom is -0.478 e. The fraction of sp³-hybridized carbons (Fsp3) is 0.0667. The Labute approximate surface area is 131 Å². The molecular weight excluding hydrogens is 313 g/mol. The monoisotopic (exact) mass is 323 g/mol. The minimum atomic E-state index is -1.03. The molecule has 2 rings (SSSR count). The average molecular weight is 324 g/mol. The van der Waals surface area contributed by atoms with Crippen molar-refractivity contribution in [1.82, 2.24) is 5.32 Å². The van der Waals surface area contributed by atoms with Crippen LogP contribution in [0.4, 0.5) is 0 Å². The molecule has 21 heavy (non-hydrogen) atoms. The number of hydrogen-bond donors (Lipinski definition) is 2. The summed E-state index contributed by atoms with van der Waals surface area (Å²) in [6.07, 6.45) is 0. The Kier molecular flexibility index (Phi) is 4.83. The molecule has 108 valence electrons. The third-order valence-electron chi connectivity index (χ3n) is 2.85. The van der Waals surface area contributed by atoms with Crippen LogP contribution in [0.25, 0.3) is 0 Å². The number of rotatable bonds is 4. The van der Waals surface area contributed by atoms with Gasteiger partial charge in [0.25, 0.3) is 5.91 Å². The van der Waals surface area contributed by atoms with Crippen molar-refractivity contribution in [3.8, 4) is 0 Å². The molecule has 0 unspecified atom stereocenters. The Morgan fingerprint density at radius 3 is 2.19 bits per heavy atom. The topological polar surface area (TPSA) is 66.4 Å². The van der Waals surface area contributed by atoms with Gasteiger partial charge in [-0.1, -0.05) is 29.3 Å². The van der Waals surface area contributed by atoms with Crippen molar-refractivity contribution in [3.63, 3.8) is 0 Å². The lowest BCUT2D eigenvalue weighted by Crippen LogP contribution is -2.23. The summed E-state index contributed by atoms with van der Waals surface area (Å²) in [7, 11) is 0. The predicted molar refractivity (Wildman–Crippen MR) is 81.0 cm³/mol. The van der Waals surface area contributed by atoms with Crippen molar-refractivity contribution >= 4 is 35.1 Å². The SMILES string of the molecule is O=C(O)c1ccc(C(=O)NCc2ccc(Cl)cc2Cl)cc1. The van der Waals surface area contributed by atoms with Gasteiger partial charge in [-0.15, -0.1) is 0 Å². The molecule has 0 saturated carbocycles. The predicted octanol–water partition coefficient (Wildman–Crippen LogP) is 3.62. The Hall–Kier alpha value is -2.04. The van der Waals surface area contributed by atoms with Crippen LogP contribution in [0.3, 0.4) is 0 Å². The first-order chi connectivity index (χ1) is 9.97. The highest BCUT2D eigenvalue weighted by molar-refractivity contribution is 6.35. The zero-order chi connectivity index (χ0) is 15.4. The first kappa shape index (κ1) is 15.4. The summed E-state index contributed by atoms with van der Waals surface area (Å²) in [6.45, 7) is 0.259. The number of amides is 1. The van der Waals surface area contributed by atoms with Crippen molar-refractivity contribution in [2.75, 3.05) is 0 Å². The van der Waals surface area contributed by atoms with E-state index in [-0.39, 0.29) is 18.0 Å². The molecule has 0 aliphatic rings. The molecule has 0 bridgehead atoms. The smallest absolute Gasteiger partial charge is 0.335 e. The van der Waals surface area contributed by atoms with E-state index in [1.165, 1.54) is 24.3 Å². The zero-order valence-electron chi connectivity index (χ0n) is 10.8. The van der Waals surface area contributed by atoms with E-state index in [1.807, 2.05) is 0 Å². The third-order valence-corrected chi connectivity index (χ3v) is 3.44. The zero-order valence-corrected chi connectivity index (χ0v) is 12.3. The number of carboxylic acids is 1. The van der Waals surface area contributed by atoms with Crippen LogP contribution in [0.15, 0.2) is 42.5 Å². The second-order valence-electron chi connectivity index (χ2n) is 4.30. The molecule has 0 aromatic heterocycles. The summed E-state index contributed by atoms with van der Waals surface area (Å²) in [6, 6.07) is 10.7. The van der Waals surface area contributed by atoms with Gasteiger partial charge < -0.3 is 10.4 Å². The largest absolute Gasteiger partial charge is 0.478 e. The molecule has 0 saturated heterocycles. The molecule has 0 aliphatic heterocycles. The Bertz CT molecular complexity index is 684. The van der Waals surface area contributed by atoms with E-state index in [4.69, 9.17) is 28.3 Å². The van der Waals surface area contributed by atoms with Crippen molar-refractivity contribution in [2.45, 2.75) is 6.54 Å². The molecule has 1 amide bonds. The van der Waals surface area contributed by atoms with Gasteiger partial charge in [-0.3, -0.25) is 4.79 Å². The van der Waals surface area contributed by atoms with Gasteiger partial charge in [0.15, 0.2) is 0 Å². The summed E-state index contributed by atoms with van der Waals surface area (Å²) in [4.78, 5) is 22.7. The standard InChI is InChI=1S/C15H11Cl2NO3/c16-12-6-5-11(13(17)7-12)8-18-14(19)9-1-3-10(4-2-9)15(20)21/h1-7H,8H2,(H,18,19)(H,20,21). The molecule has 4 nitrogen and oxygen atoms in total. The molecule has 2 aromatic rings. The second kappa shape index (κ2) is 6.61. The summed E-state index contributed by atoms with van der Waals surface area (Å²) < 4.78 is 0. The first-order valence-electron chi connectivity index (χ1n) is 6.03. The lowest BCUT2D eigenvalue weighted by molar-refractivity contribution is 0.0696. The fourth-order valence-electron chi connectivity index (χ4n) is 1.71. The van der Waals surface area contributed by atoms with Gasteiger partial charge in [0.1, 0.15) is 0 Å². The van der Waals surface area contributed by atoms with E-state index in [2.05, 4.69) is 5.32 Å². The molecule has 0 spiro atoms. The van der Waals surface area contributed by atoms with Crippen LogP contribution in [-0.4, -0.2) is 17.0 Å². The van der Waals surface area contributed by atoms with E-state index in [9.17, 15) is 9.59 Å². The highest BCUT2D eigenvalue weighted by Gasteiger charge is 2.08. The molecule has 0 fully saturated rings. The third kappa shape index (κ3) is 3.97. The molecule has 0 aliphatic carbocycles. The number of benzene rings is 2. The van der Waals surface area contributed by atoms with Crippen LogP contribution >= 0.6 is 23.2 Å². The number of halogens is 2. The van der Waals surface area contributed by atoms with E-state index in [0.29, 0.717) is 15.6 Å². The van der Waals surface area contributed by atoms with Gasteiger partial charge in [0.05, 0.1) is 5.56 Å². The van der Waals surface area contributed by atoms with E-state index in [0.717, 1.165) is 5.56 Å². The van der Waals surface area contributed by atoms with Gasteiger partial charge in [0, 0.05) is 22.2 Å². The molecule has 2 aromatic carbocycles. The van der Waals surface area contributed by atoms with Crippen molar-refractivity contribution in [3.05, 3.63) is 69.2 Å². The number of aromatic carboxylic acids is 1. The van der Waals surface area contributed by atoms with Gasteiger partial charge in [0.2, 0.25) is 0 Å². The van der Waals surface area contributed by atoms with Crippen LogP contribution < -0.4 is 5.32 Å². The van der Waals surface area contributed by atoms with Gasteiger partial charge in [-0.25, -0.2) is 4.79 Å². The number of carboxylic acid groups (broad SMARTS) is 1. The van der Waals surface area contributed by atoms with Gasteiger partial charge >= 0.3 is 5.97 Å². The van der Waals surface area contributed by atoms with Crippen LogP contribution in [-0.2, 0) is 6.54 Å². The van der Waals surface area contributed by atoms with E-state index >= 15 is 0 Å². The van der Waals surface area contributed by atoms with Crippen molar-refractivity contribution < 1.29 is 14.7 Å². The molecular formula is C15H11Cl2NO3. The van der Waals surface area contributed by atoms with E-state index in [1.54, 1.807) is 18.2 Å². The fourth-order valence-corrected chi connectivity index (χ4v) is 2.18. The molecule has 0 radical (unpaired) electrons. The Morgan fingerprint density at radius 1 is 1.00 bits per heavy atom. The number of hydrogen-bond acceptors (Lipinski definition) is 2. The molecule has 2 N–H and O–H groups in total. The minimum absolute atomic E-state index is 0.132. The summed E-state index contributed by atoms with van der Waals surface area (Å²) in [5.41, 5.74) is 1.26. The normalized spacial score (nSPS) is 10.2. The van der Waals surface area contributed by atoms with Crippen molar-refractivity contribution in [1.29, 1.82) is 0 Å². The maximum Gasteiger partial charge on any atom is 0.335 e. The summed E-state index contributed by atoms with van der Waals surface area (Å²) in [5.74, 6) is -1.34. The molecule has 0 atom stereocenters. The Morgan fingerprint density at radius 2 is 1.62 bits per heavy atom. The maximum atomic E-state index is 11.9. The maximum absolute atomic E-state index is 11.9. The Balaban J connectivity index is 2.02.